The Kier molecular flexibility index (Phi) is 4.35. The van der Waals surface area contributed by atoms with E-state index in [1.54, 1.807) is 30.3 Å². The summed E-state index contributed by atoms with van der Waals surface area (Å²) in [6, 6.07) is 11.2. The van der Waals surface area contributed by atoms with Crippen LogP contribution in [0.25, 0.3) is 0 Å². The Hall–Kier alpha value is -1.65. The number of rotatable bonds is 4. The van der Waals surface area contributed by atoms with E-state index in [0.29, 0.717) is 21.3 Å². The van der Waals surface area contributed by atoms with Crippen molar-refractivity contribution in [1.82, 2.24) is 0 Å². The van der Waals surface area contributed by atoms with Crippen LogP contribution in [0.4, 0.5) is 4.39 Å². The lowest BCUT2D eigenvalue weighted by Gasteiger charge is -2.09. The fourth-order valence-corrected chi connectivity index (χ4v) is 1.90. The Morgan fingerprint density at radius 1 is 1.26 bits per heavy atom. The van der Waals surface area contributed by atoms with E-state index in [2.05, 4.69) is 0 Å². The first-order valence-corrected chi connectivity index (χ1v) is 6.31. The van der Waals surface area contributed by atoms with E-state index in [1.165, 1.54) is 12.1 Å². The summed E-state index contributed by atoms with van der Waals surface area (Å²) in [6.07, 6.45) is 0. The molecule has 2 N–H and O–H groups in total. The van der Waals surface area contributed by atoms with Gasteiger partial charge in [0.1, 0.15) is 23.2 Å². The number of hydrogen-bond donors (Lipinski definition) is 1. The van der Waals surface area contributed by atoms with Crippen molar-refractivity contribution in [3.63, 3.8) is 0 Å². The highest BCUT2D eigenvalue weighted by atomic mass is 35.5. The standard InChI is InChI=1S/C14H11ClFNOS/c15-13-6-9(14(17)19)4-5-10(13)8-18-12-3-1-2-11(16)7-12/h1-7H,8H2,(H2,17,19). The molecule has 0 spiro atoms. The molecule has 0 heterocycles. The Labute approximate surface area is 120 Å². The first kappa shape index (κ1) is 13.8. The molecule has 0 aliphatic heterocycles. The molecule has 2 aromatic carbocycles. The molecular formula is C14H11ClFNOS. The van der Waals surface area contributed by atoms with E-state index in [4.69, 9.17) is 34.3 Å². The molecule has 2 aromatic rings. The largest absolute Gasteiger partial charge is 0.489 e. The second kappa shape index (κ2) is 5.99. The van der Waals surface area contributed by atoms with Crippen molar-refractivity contribution in [1.29, 1.82) is 0 Å². The molecule has 0 radical (unpaired) electrons. The Morgan fingerprint density at radius 2 is 2.05 bits per heavy atom. The van der Waals surface area contributed by atoms with Crippen LogP contribution in [0.2, 0.25) is 5.02 Å². The number of benzene rings is 2. The zero-order valence-electron chi connectivity index (χ0n) is 9.90. The van der Waals surface area contributed by atoms with Gasteiger partial charge in [-0.05, 0) is 18.2 Å². The quantitative estimate of drug-likeness (QED) is 0.874. The van der Waals surface area contributed by atoms with Gasteiger partial charge in [-0.2, -0.15) is 0 Å². The summed E-state index contributed by atoms with van der Waals surface area (Å²) in [4.78, 5) is 0.291. The topological polar surface area (TPSA) is 35.2 Å². The first-order chi connectivity index (χ1) is 9.06. The van der Waals surface area contributed by atoms with Crippen LogP contribution in [0, 0.1) is 5.82 Å². The zero-order valence-corrected chi connectivity index (χ0v) is 11.5. The molecule has 0 aliphatic carbocycles. The molecule has 0 fully saturated rings. The predicted molar refractivity (Wildman–Crippen MR) is 78.1 cm³/mol. The minimum Gasteiger partial charge on any atom is -0.489 e. The number of hydrogen-bond acceptors (Lipinski definition) is 2. The van der Waals surface area contributed by atoms with Crippen LogP contribution in [0.3, 0.4) is 0 Å². The van der Waals surface area contributed by atoms with Gasteiger partial charge in [-0.15, -0.1) is 0 Å². The molecule has 0 aromatic heterocycles. The van der Waals surface area contributed by atoms with Crippen molar-refractivity contribution in [2.24, 2.45) is 5.73 Å². The van der Waals surface area contributed by atoms with E-state index in [-0.39, 0.29) is 12.4 Å². The van der Waals surface area contributed by atoms with Gasteiger partial charge >= 0.3 is 0 Å². The summed E-state index contributed by atoms with van der Waals surface area (Å²) >= 11 is 11.0. The fraction of sp³-hybridized carbons (Fsp3) is 0.0714. The first-order valence-electron chi connectivity index (χ1n) is 5.53. The Bertz CT molecular complexity index is 618. The van der Waals surface area contributed by atoms with E-state index in [1.807, 2.05) is 0 Å². The highest BCUT2D eigenvalue weighted by Gasteiger charge is 2.05. The van der Waals surface area contributed by atoms with Crippen molar-refractivity contribution in [3.05, 3.63) is 64.4 Å². The Morgan fingerprint density at radius 3 is 2.68 bits per heavy atom. The second-order valence-corrected chi connectivity index (χ2v) is 4.76. The van der Waals surface area contributed by atoms with Crippen molar-refractivity contribution in [3.8, 4) is 5.75 Å². The van der Waals surface area contributed by atoms with Crippen LogP contribution in [-0.2, 0) is 6.61 Å². The molecule has 98 valence electrons. The molecule has 0 saturated carbocycles. The van der Waals surface area contributed by atoms with E-state index >= 15 is 0 Å². The lowest BCUT2D eigenvalue weighted by Crippen LogP contribution is -2.09. The molecule has 0 saturated heterocycles. The molecule has 5 heteroatoms. The minimum atomic E-state index is -0.340. The summed E-state index contributed by atoms with van der Waals surface area (Å²) in [5, 5.41) is 0.515. The van der Waals surface area contributed by atoms with E-state index < -0.39 is 0 Å². The number of thiocarbonyl (C=S) groups is 1. The lowest BCUT2D eigenvalue weighted by molar-refractivity contribution is 0.304. The smallest absolute Gasteiger partial charge is 0.126 e. The molecule has 2 rings (SSSR count). The summed E-state index contributed by atoms with van der Waals surface area (Å²) in [7, 11) is 0. The summed E-state index contributed by atoms with van der Waals surface area (Å²) < 4.78 is 18.4. The SMILES string of the molecule is NC(=S)c1ccc(COc2cccc(F)c2)c(Cl)c1. The van der Waals surface area contributed by atoms with Gasteiger partial charge in [0.25, 0.3) is 0 Å². The third-order valence-electron chi connectivity index (χ3n) is 2.53. The van der Waals surface area contributed by atoms with Gasteiger partial charge in [0.15, 0.2) is 0 Å². The van der Waals surface area contributed by atoms with Gasteiger partial charge in [0.2, 0.25) is 0 Å². The maximum atomic E-state index is 13.0. The highest BCUT2D eigenvalue weighted by molar-refractivity contribution is 7.80. The van der Waals surface area contributed by atoms with Gasteiger partial charge in [-0.25, -0.2) is 4.39 Å². The van der Waals surface area contributed by atoms with Crippen LogP contribution in [0.1, 0.15) is 11.1 Å². The molecule has 0 bridgehead atoms. The van der Waals surface area contributed by atoms with Gasteiger partial charge in [0, 0.05) is 22.2 Å². The number of ether oxygens (including phenoxy) is 1. The predicted octanol–water partition coefficient (Wildman–Crippen LogP) is 3.69. The van der Waals surface area contributed by atoms with Crippen molar-refractivity contribution in [2.45, 2.75) is 6.61 Å². The van der Waals surface area contributed by atoms with Crippen LogP contribution in [-0.4, -0.2) is 4.99 Å². The van der Waals surface area contributed by atoms with Crippen LogP contribution in [0.5, 0.6) is 5.75 Å². The van der Waals surface area contributed by atoms with Crippen molar-refractivity contribution < 1.29 is 9.13 Å². The van der Waals surface area contributed by atoms with Crippen LogP contribution < -0.4 is 10.5 Å². The minimum absolute atomic E-state index is 0.250. The van der Waals surface area contributed by atoms with Crippen LogP contribution >= 0.6 is 23.8 Å². The molecule has 0 unspecified atom stereocenters. The highest BCUT2D eigenvalue weighted by Crippen LogP contribution is 2.21. The normalized spacial score (nSPS) is 10.2. The average Bonchev–Trinajstić information content (AvgIpc) is 2.37. The summed E-state index contributed by atoms with van der Waals surface area (Å²) in [5.74, 6) is 0.113. The van der Waals surface area contributed by atoms with Crippen LogP contribution in [0.15, 0.2) is 42.5 Å². The lowest BCUT2D eigenvalue weighted by atomic mass is 10.1. The number of halogens is 2. The van der Waals surface area contributed by atoms with Crippen molar-refractivity contribution in [2.75, 3.05) is 0 Å². The van der Waals surface area contributed by atoms with E-state index in [9.17, 15) is 4.39 Å². The maximum absolute atomic E-state index is 13.0. The van der Waals surface area contributed by atoms with Crippen molar-refractivity contribution >= 4 is 28.8 Å². The number of nitrogens with two attached hydrogens (primary N) is 1. The molecule has 0 amide bonds. The Balaban J connectivity index is 2.10. The second-order valence-electron chi connectivity index (χ2n) is 3.92. The average molecular weight is 296 g/mol. The molecule has 19 heavy (non-hydrogen) atoms. The molecule has 2 nitrogen and oxygen atoms in total. The third kappa shape index (κ3) is 3.66. The maximum Gasteiger partial charge on any atom is 0.126 e. The van der Waals surface area contributed by atoms with Gasteiger partial charge in [-0.3, -0.25) is 0 Å². The van der Waals surface area contributed by atoms with Gasteiger partial charge in [-0.1, -0.05) is 42.0 Å². The monoisotopic (exact) mass is 295 g/mol. The van der Waals surface area contributed by atoms with Gasteiger partial charge in [0.05, 0.1) is 0 Å². The van der Waals surface area contributed by atoms with E-state index in [0.717, 1.165) is 5.56 Å². The molecule has 0 aliphatic rings. The van der Waals surface area contributed by atoms with Gasteiger partial charge < -0.3 is 10.5 Å². The molecular weight excluding hydrogens is 285 g/mol. The molecule has 0 atom stereocenters. The summed E-state index contributed by atoms with van der Waals surface area (Å²) in [5.41, 5.74) is 7.00. The summed E-state index contributed by atoms with van der Waals surface area (Å²) in [6.45, 7) is 0.250. The third-order valence-corrected chi connectivity index (χ3v) is 3.12. The zero-order chi connectivity index (χ0) is 13.8. The fourth-order valence-electron chi connectivity index (χ4n) is 1.54.